The number of aromatic nitrogens is 1. The lowest BCUT2D eigenvalue weighted by Gasteiger charge is -2.50. The first-order valence-corrected chi connectivity index (χ1v) is 9.46. The molecule has 0 bridgehead atoms. The molecule has 0 N–H and O–H groups in total. The maximum absolute atomic E-state index is 6.15. The predicted molar refractivity (Wildman–Crippen MR) is 87.1 cm³/mol. The van der Waals surface area contributed by atoms with Gasteiger partial charge in [-0.3, -0.25) is 4.90 Å². The van der Waals surface area contributed by atoms with Gasteiger partial charge in [-0.15, -0.1) is 11.3 Å². The third-order valence-electron chi connectivity index (χ3n) is 5.46. The molecule has 4 nitrogen and oxygen atoms in total. The molecule has 1 spiro atoms. The van der Waals surface area contributed by atoms with Gasteiger partial charge < -0.3 is 9.47 Å². The van der Waals surface area contributed by atoms with Gasteiger partial charge in [0.1, 0.15) is 0 Å². The molecule has 122 valence electrons. The van der Waals surface area contributed by atoms with Gasteiger partial charge in [-0.05, 0) is 44.4 Å². The largest absolute Gasteiger partial charge is 0.381 e. The monoisotopic (exact) mass is 322 g/mol. The Labute approximate surface area is 136 Å². The second kappa shape index (κ2) is 6.19. The van der Waals surface area contributed by atoms with E-state index in [4.69, 9.17) is 9.47 Å². The molecule has 0 radical (unpaired) electrons. The topological polar surface area (TPSA) is 34.6 Å². The third-order valence-corrected chi connectivity index (χ3v) is 6.38. The van der Waals surface area contributed by atoms with Gasteiger partial charge in [-0.25, -0.2) is 4.98 Å². The molecular formula is C17H26N2O2S. The first-order chi connectivity index (χ1) is 10.8. The fourth-order valence-electron chi connectivity index (χ4n) is 3.81. The molecule has 3 heterocycles. The smallest absolute Gasteiger partial charge is 0.0964 e. The van der Waals surface area contributed by atoms with Gasteiger partial charge >= 0.3 is 0 Å². The summed E-state index contributed by atoms with van der Waals surface area (Å²) in [7, 11) is 0. The van der Waals surface area contributed by atoms with Crippen molar-refractivity contribution in [3.8, 4) is 0 Å². The van der Waals surface area contributed by atoms with Crippen molar-refractivity contribution >= 4 is 11.3 Å². The van der Waals surface area contributed by atoms with E-state index in [1.54, 1.807) is 11.3 Å². The summed E-state index contributed by atoms with van der Waals surface area (Å²) in [4.78, 5) is 8.25. The maximum Gasteiger partial charge on any atom is 0.0964 e. The Balaban J connectivity index is 1.24. The molecule has 4 rings (SSSR count). The van der Waals surface area contributed by atoms with E-state index in [1.807, 2.05) is 5.51 Å². The summed E-state index contributed by atoms with van der Waals surface area (Å²) in [6, 6.07) is 0. The van der Waals surface area contributed by atoms with Crippen LogP contribution in [0.3, 0.4) is 0 Å². The number of hydrogen-bond acceptors (Lipinski definition) is 5. The van der Waals surface area contributed by atoms with E-state index in [-0.39, 0.29) is 5.60 Å². The normalized spacial score (nSPS) is 27.4. The highest BCUT2D eigenvalue weighted by Crippen LogP contribution is 2.42. The van der Waals surface area contributed by atoms with Crippen LogP contribution in [0.2, 0.25) is 0 Å². The van der Waals surface area contributed by atoms with Crippen molar-refractivity contribution in [3.05, 3.63) is 16.1 Å². The summed E-state index contributed by atoms with van der Waals surface area (Å²) >= 11 is 1.77. The average Bonchev–Trinajstić information content (AvgIpc) is 3.07. The number of hydrogen-bond donors (Lipinski definition) is 0. The Kier molecular flexibility index (Phi) is 4.24. The Bertz CT molecular complexity index is 509. The second-order valence-electron chi connectivity index (χ2n) is 7.21. The van der Waals surface area contributed by atoms with Gasteiger partial charge in [-0.1, -0.05) is 0 Å². The zero-order valence-electron chi connectivity index (χ0n) is 13.4. The van der Waals surface area contributed by atoms with Crippen molar-refractivity contribution in [3.63, 3.8) is 0 Å². The van der Waals surface area contributed by atoms with Crippen LogP contribution in [0.1, 0.15) is 36.3 Å². The van der Waals surface area contributed by atoms with Crippen LogP contribution in [-0.4, -0.2) is 48.4 Å². The van der Waals surface area contributed by atoms with E-state index in [0.29, 0.717) is 5.92 Å². The highest BCUT2D eigenvalue weighted by molar-refractivity contribution is 7.09. The van der Waals surface area contributed by atoms with Crippen molar-refractivity contribution < 1.29 is 9.47 Å². The number of nitrogens with zero attached hydrogens (tertiary/aromatic N) is 2. The molecule has 0 amide bonds. The molecule has 22 heavy (non-hydrogen) atoms. The summed E-state index contributed by atoms with van der Waals surface area (Å²) < 4.78 is 12.0. The lowest BCUT2D eigenvalue weighted by Crippen LogP contribution is -2.64. The summed E-state index contributed by atoms with van der Waals surface area (Å²) in [5.41, 5.74) is 3.26. The summed E-state index contributed by atoms with van der Waals surface area (Å²) in [5.74, 6) is 1.56. The van der Waals surface area contributed by atoms with Crippen molar-refractivity contribution in [1.29, 1.82) is 0 Å². The number of aryl methyl sites for hydroxylation is 1. The highest BCUT2D eigenvalue weighted by atomic mass is 32.1. The summed E-state index contributed by atoms with van der Waals surface area (Å²) in [6.07, 6.45) is 5.13. The quantitative estimate of drug-likeness (QED) is 0.723. The van der Waals surface area contributed by atoms with Crippen LogP contribution in [-0.2, 0) is 16.0 Å². The minimum atomic E-state index is 0.127. The van der Waals surface area contributed by atoms with Gasteiger partial charge in [0.05, 0.1) is 16.8 Å². The molecule has 2 aliphatic heterocycles. The molecule has 0 unspecified atom stereocenters. The van der Waals surface area contributed by atoms with Crippen molar-refractivity contribution in [1.82, 2.24) is 9.88 Å². The number of ether oxygens (including phenoxy) is 2. The van der Waals surface area contributed by atoms with Crippen LogP contribution in [0.15, 0.2) is 5.51 Å². The standard InChI is InChI=1S/C17H26N2O2S/c1-13-16(22-12-18-13)8-19-10-17(11-19)15(5-7-21-17)4-6-20-9-14-2-3-14/h12,14-15H,2-11H2,1H3/t15-/m1/s1. The number of thiazole rings is 1. The van der Waals surface area contributed by atoms with Crippen molar-refractivity contribution in [2.45, 2.75) is 44.8 Å². The van der Waals surface area contributed by atoms with Crippen molar-refractivity contribution in [2.24, 2.45) is 11.8 Å². The van der Waals surface area contributed by atoms with Crippen LogP contribution in [0.4, 0.5) is 0 Å². The van der Waals surface area contributed by atoms with Gasteiger partial charge in [0.15, 0.2) is 0 Å². The minimum Gasteiger partial charge on any atom is -0.381 e. The third kappa shape index (κ3) is 3.09. The van der Waals surface area contributed by atoms with E-state index in [9.17, 15) is 0 Å². The molecule has 1 saturated carbocycles. The average molecular weight is 322 g/mol. The molecule has 1 aromatic rings. The van der Waals surface area contributed by atoms with Crippen LogP contribution < -0.4 is 0 Å². The predicted octanol–water partition coefficient (Wildman–Crippen LogP) is 2.86. The van der Waals surface area contributed by atoms with Crippen LogP contribution in [0.5, 0.6) is 0 Å². The Morgan fingerprint density at radius 1 is 1.41 bits per heavy atom. The van der Waals surface area contributed by atoms with E-state index in [2.05, 4.69) is 16.8 Å². The van der Waals surface area contributed by atoms with Crippen LogP contribution >= 0.6 is 11.3 Å². The Morgan fingerprint density at radius 2 is 2.27 bits per heavy atom. The molecule has 1 aromatic heterocycles. The minimum absolute atomic E-state index is 0.127. The lowest BCUT2D eigenvalue weighted by molar-refractivity contribution is -0.138. The van der Waals surface area contributed by atoms with E-state index in [1.165, 1.54) is 36.3 Å². The van der Waals surface area contributed by atoms with E-state index >= 15 is 0 Å². The number of rotatable bonds is 7. The first-order valence-electron chi connectivity index (χ1n) is 8.58. The molecule has 3 fully saturated rings. The van der Waals surface area contributed by atoms with E-state index < -0.39 is 0 Å². The summed E-state index contributed by atoms with van der Waals surface area (Å²) in [5, 5.41) is 0. The molecule has 0 aromatic carbocycles. The highest BCUT2D eigenvalue weighted by Gasteiger charge is 2.52. The SMILES string of the molecule is Cc1ncsc1CN1CC2(C1)OCC[C@H]2CCOCC1CC1. The van der Waals surface area contributed by atoms with Gasteiger partial charge in [0, 0.05) is 44.3 Å². The molecule has 2 saturated heterocycles. The van der Waals surface area contributed by atoms with Gasteiger partial charge in [-0.2, -0.15) is 0 Å². The fraction of sp³-hybridized carbons (Fsp3) is 0.824. The molecule has 1 atom stereocenters. The van der Waals surface area contributed by atoms with Gasteiger partial charge in [0.25, 0.3) is 0 Å². The maximum atomic E-state index is 6.15. The zero-order chi connectivity index (χ0) is 15.0. The van der Waals surface area contributed by atoms with E-state index in [0.717, 1.165) is 45.4 Å². The Hall–Kier alpha value is -0.490. The van der Waals surface area contributed by atoms with Crippen LogP contribution in [0.25, 0.3) is 0 Å². The fourth-order valence-corrected chi connectivity index (χ4v) is 4.62. The number of likely N-dealkylation sites (tertiary alicyclic amines) is 1. The zero-order valence-corrected chi connectivity index (χ0v) is 14.2. The Morgan fingerprint density at radius 3 is 3.00 bits per heavy atom. The van der Waals surface area contributed by atoms with Crippen LogP contribution in [0, 0.1) is 18.8 Å². The molecular weight excluding hydrogens is 296 g/mol. The molecule has 3 aliphatic rings. The van der Waals surface area contributed by atoms with Gasteiger partial charge in [0.2, 0.25) is 0 Å². The first kappa shape index (κ1) is 15.1. The van der Waals surface area contributed by atoms with Crippen molar-refractivity contribution in [2.75, 3.05) is 32.9 Å². The molecule has 5 heteroatoms. The summed E-state index contributed by atoms with van der Waals surface area (Å²) in [6.45, 7) is 8.13. The molecule has 1 aliphatic carbocycles. The second-order valence-corrected chi connectivity index (χ2v) is 8.15. The lowest BCUT2D eigenvalue weighted by atomic mass is 9.79.